The second-order valence-corrected chi connectivity index (χ2v) is 7.33. The summed E-state index contributed by atoms with van der Waals surface area (Å²) < 4.78 is 11.4. The van der Waals surface area contributed by atoms with Crippen molar-refractivity contribution in [1.82, 2.24) is 10.2 Å². The van der Waals surface area contributed by atoms with Crippen LogP contribution in [0.3, 0.4) is 0 Å². The zero-order valence-electron chi connectivity index (χ0n) is 16.5. The highest BCUT2D eigenvalue weighted by molar-refractivity contribution is 6.35. The van der Waals surface area contributed by atoms with Gasteiger partial charge in [-0.15, -0.1) is 0 Å². The van der Waals surface area contributed by atoms with Crippen molar-refractivity contribution in [2.24, 2.45) is 0 Å². The van der Waals surface area contributed by atoms with Crippen molar-refractivity contribution < 1.29 is 19.1 Å². The number of benzene rings is 2. The highest BCUT2D eigenvalue weighted by Gasteiger charge is 2.28. The van der Waals surface area contributed by atoms with Crippen LogP contribution in [0, 0.1) is 6.92 Å². The summed E-state index contributed by atoms with van der Waals surface area (Å²) in [5.74, 6) is 0.247. The number of hydrogen-bond acceptors (Lipinski definition) is 5. The van der Waals surface area contributed by atoms with Gasteiger partial charge in [0, 0.05) is 31.9 Å². The van der Waals surface area contributed by atoms with Gasteiger partial charge in [-0.25, -0.2) is 0 Å². The van der Waals surface area contributed by atoms with Crippen LogP contribution in [0.2, 0.25) is 0 Å². The van der Waals surface area contributed by atoms with E-state index in [-0.39, 0.29) is 12.6 Å². The minimum atomic E-state index is -0.600. The molecule has 152 valence electrons. The van der Waals surface area contributed by atoms with Crippen LogP contribution in [0.1, 0.15) is 5.56 Å². The summed E-state index contributed by atoms with van der Waals surface area (Å²) in [5, 5.41) is 2.68. The fourth-order valence-corrected chi connectivity index (χ4v) is 3.58. The molecule has 0 radical (unpaired) electrons. The van der Waals surface area contributed by atoms with Crippen molar-refractivity contribution in [3.05, 3.63) is 54.1 Å². The number of para-hydroxylation sites is 2. The predicted octanol–water partition coefficient (Wildman–Crippen LogP) is 1.60. The van der Waals surface area contributed by atoms with Crippen LogP contribution in [0.5, 0.6) is 11.5 Å². The van der Waals surface area contributed by atoms with E-state index in [0.717, 1.165) is 5.69 Å². The highest BCUT2D eigenvalue weighted by Crippen LogP contribution is 2.30. The third kappa shape index (κ3) is 4.45. The number of nitrogens with zero attached hydrogens (tertiary/aromatic N) is 2. The number of fused-ring (bicyclic) bond motifs is 1. The van der Waals surface area contributed by atoms with Gasteiger partial charge in [0.1, 0.15) is 12.7 Å². The largest absolute Gasteiger partial charge is 0.486 e. The van der Waals surface area contributed by atoms with E-state index in [1.54, 1.807) is 4.90 Å². The van der Waals surface area contributed by atoms with Crippen molar-refractivity contribution in [3.8, 4) is 11.5 Å². The SMILES string of the molecule is Cc1cccc(N2CCN(C(=O)C(=O)NCC3COc4ccccc4O3)CC2)c1. The molecule has 1 N–H and O–H groups in total. The van der Waals surface area contributed by atoms with Gasteiger partial charge in [0.05, 0.1) is 6.54 Å². The Labute approximate surface area is 170 Å². The third-order valence-electron chi connectivity index (χ3n) is 5.19. The van der Waals surface area contributed by atoms with E-state index < -0.39 is 11.8 Å². The molecule has 0 saturated carbocycles. The zero-order valence-corrected chi connectivity index (χ0v) is 16.5. The Morgan fingerprint density at radius 2 is 1.79 bits per heavy atom. The summed E-state index contributed by atoms with van der Waals surface area (Å²) in [6, 6.07) is 15.7. The van der Waals surface area contributed by atoms with Gasteiger partial charge >= 0.3 is 11.8 Å². The molecule has 0 bridgehead atoms. The van der Waals surface area contributed by atoms with Crippen molar-refractivity contribution in [3.63, 3.8) is 0 Å². The first-order chi connectivity index (χ1) is 14.1. The van der Waals surface area contributed by atoms with E-state index in [1.807, 2.05) is 30.3 Å². The van der Waals surface area contributed by atoms with Gasteiger partial charge in [0.15, 0.2) is 11.5 Å². The van der Waals surface area contributed by atoms with Crippen LogP contribution in [-0.4, -0.2) is 62.1 Å². The van der Waals surface area contributed by atoms with Gasteiger partial charge in [-0.3, -0.25) is 9.59 Å². The first-order valence-electron chi connectivity index (χ1n) is 9.87. The molecular weight excluding hydrogens is 370 g/mol. The molecule has 0 spiro atoms. The minimum absolute atomic E-state index is 0.224. The molecule has 0 aromatic heterocycles. The van der Waals surface area contributed by atoms with E-state index in [0.29, 0.717) is 44.3 Å². The number of nitrogens with one attached hydrogen (secondary N) is 1. The highest BCUT2D eigenvalue weighted by atomic mass is 16.6. The minimum Gasteiger partial charge on any atom is -0.486 e. The zero-order chi connectivity index (χ0) is 20.2. The Kier molecular flexibility index (Phi) is 5.55. The first-order valence-corrected chi connectivity index (χ1v) is 9.87. The lowest BCUT2D eigenvalue weighted by Crippen LogP contribution is -2.53. The summed E-state index contributed by atoms with van der Waals surface area (Å²) in [7, 11) is 0. The summed E-state index contributed by atoms with van der Waals surface area (Å²) in [4.78, 5) is 28.6. The van der Waals surface area contributed by atoms with E-state index >= 15 is 0 Å². The van der Waals surface area contributed by atoms with Gasteiger partial charge in [-0.2, -0.15) is 0 Å². The lowest BCUT2D eigenvalue weighted by molar-refractivity contribution is -0.146. The fourth-order valence-electron chi connectivity index (χ4n) is 3.58. The van der Waals surface area contributed by atoms with Gasteiger partial charge in [0.2, 0.25) is 0 Å². The molecule has 1 unspecified atom stereocenters. The number of amides is 2. The molecule has 2 aliphatic heterocycles. The molecule has 2 aromatic rings. The molecular formula is C22H25N3O4. The smallest absolute Gasteiger partial charge is 0.312 e. The lowest BCUT2D eigenvalue weighted by Gasteiger charge is -2.36. The number of hydrogen-bond donors (Lipinski definition) is 1. The number of rotatable bonds is 3. The molecule has 2 amide bonds. The van der Waals surface area contributed by atoms with Gasteiger partial charge in [0.25, 0.3) is 0 Å². The average Bonchev–Trinajstić information content (AvgIpc) is 2.77. The van der Waals surface area contributed by atoms with Crippen LogP contribution in [0.25, 0.3) is 0 Å². The monoisotopic (exact) mass is 395 g/mol. The summed E-state index contributed by atoms with van der Waals surface area (Å²) >= 11 is 0. The molecule has 2 aliphatic rings. The Bertz CT molecular complexity index is 893. The van der Waals surface area contributed by atoms with Crippen molar-refractivity contribution in [2.75, 3.05) is 44.2 Å². The molecule has 7 heteroatoms. The Balaban J connectivity index is 1.24. The summed E-state index contributed by atoms with van der Waals surface area (Å²) in [6.07, 6.45) is -0.320. The molecule has 1 fully saturated rings. The van der Waals surface area contributed by atoms with E-state index in [2.05, 4.69) is 35.3 Å². The lowest BCUT2D eigenvalue weighted by atomic mass is 10.2. The fraction of sp³-hybridized carbons (Fsp3) is 0.364. The predicted molar refractivity (Wildman–Crippen MR) is 109 cm³/mol. The second-order valence-electron chi connectivity index (χ2n) is 7.33. The molecule has 2 heterocycles. The Morgan fingerprint density at radius 1 is 1.03 bits per heavy atom. The molecule has 1 saturated heterocycles. The van der Waals surface area contributed by atoms with Crippen LogP contribution in [0.4, 0.5) is 5.69 Å². The molecule has 29 heavy (non-hydrogen) atoms. The number of anilines is 1. The number of carbonyl (C=O) groups is 2. The average molecular weight is 395 g/mol. The molecule has 7 nitrogen and oxygen atoms in total. The number of aryl methyl sites for hydroxylation is 1. The van der Waals surface area contributed by atoms with Crippen molar-refractivity contribution in [2.45, 2.75) is 13.0 Å². The topological polar surface area (TPSA) is 71.1 Å². The summed E-state index contributed by atoms with van der Waals surface area (Å²) in [6.45, 7) is 5.08. The molecule has 1 atom stereocenters. The molecule has 2 aromatic carbocycles. The maximum absolute atomic E-state index is 12.5. The number of ether oxygens (including phenoxy) is 2. The Hall–Kier alpha value is -3.22. The van der Waals surface area contributed by atoms with E-state index in [4.69, 9.17) is 9.47 Å². The maximum atomic E-state index is 12.5. The number of piperazine rings is 1. The van der Waals surface area contributed by atoms with Crippen LogP contribution < -0.4 is 19.7 Å². The third-order valence-corrected chi connectivity index (χ3v) is 5.19. The molecule has 4 rings (SSSR count). The number of carbonyl (C=O) groups excluding carboxylic acids is 2. The van der Waals surface area contributed by atoms with E-state index in [9.17, 15) is 9.59 Å². The van der Waals surface area contributed by atoms with E-state index in [1.165, 1.54) is 5.56 Å². The van der Waals surface area contributed by atoms with Crippen LogP contribution in [0.15, 0.2) is 48.5 Å². The quantitative estimate of drug-likeness (QED) is 0.800. The second kappa shape index (κ2) is 8.43. The summed E-state index contributed by atoms with van der Waals surface area (Å²) in [5.41, 5.74) is 2.35. The van der Waals surface area contributed by atoms with Crippen LogP contribution >= 0.6 is 0 Å². The van der Waals surface area contributed by atoms with Crippen molar-refractivity contribution >= 4 is 17.5 Å². The normalized spacial score (nSPS) is 18.3. The van der Waals surface area contributed by atoms with Gasteiger partial charge < -0.3 is 24.6 Å². The Morgan fingerprint density at radius 3 is 2.55 bits per heavy atom. The first kappa shape index (κ1) is 19.1. The van der Waals surface area contributed by atoms with Crippen LogP contribution in [-0.2, 0) is 9.59 Å². The van der Waals surface area contributed by atoms with Crippen molar-refractivity contribution in [1.29, 1.82) is 0 Å². The maximum Gasteiger partial charge on any atom is 0.312 e. The standard InChI is InChI=1S/C22H25N3O4/c1-16-5-4-6-17(13-16)24-9-11-25(12-10-24)22(27)21(26)23-14-18-15-28-19-7-2-3-8-20(19)29-18/h2-8,13,18H,9-12,14-15H2,1H3,(H,23,26). The van der Waals surface area contributed by atoms with Gasteiger partial charge in [-0.1, -0.05) is 24.3 Å². The van der Waals surface area contributed by atoms with Gasteiger partial charge in [-0.05, 0) is 36.8 Å². The molecule has 0 aliphatic carbocycles.